The number of hydrogen-bond acceptors (Lipinski definition) is 0. The van der Waals surface area contributed by atoms with E-state index < -0.39 is 0 Å². The molecule has 0 bridgehead atoms. The zero-order valence-electron chi connectivity index (χ0n) is 37.7. The fraction of sp³-hybridized carbons (Fsp3) is 0.481. The normalized spacial score (nSPS) is 20.4. The van der Waals surface area contributed by atoms with Crippen LogP contribution in [0.1, 0.15) is 155 Å². The molecule has 2 unspecified atom stereocenters. The molecule has 58 heavy (non-hydrogen) atoms. The summed E-state index contributed by atoms with van der Waals surface area (Å²) >= 11 is 1.45. The third kappa shape index (κ3) is 11.7. The largest absolute Gasteiger partial charge is 1.00 e. The Bertz CT molecular complexity index is 1930. The molecule has 0 aliphatic heterocycles. The van der Waals surface area contributed by atoms with Crippen LogP contribution in [0.3, 0.4) is 0 Å². The summed E-state index contributed by atoms with van der Waals surface area (Å²) in [5.41, 5.74) is 21.4. The molecule has 0 saturated carbocycles. The van der Waals surface area contributed by atoms with Gasteiger partial charge in [-0.25, -0.2) is 0 Å². The van der Waals surface area contributed by atoms with Crippen LogP contribution in [0.15, 0.2) is 129 Å². The number of halogens is 2. The zero-order valence-corrected chi connectivity index (χ0v) is 43.8. The summed E-state index contributed by atoms with van der Waals surface area (Å²) in [5, 5.41) is 0. The molecule has 0 fully saturated rings. The molecule has 0 saturated heterocycles. The van der Waals surface area contributed by atoms with E-state index >= 15 is 0 Å². The van der Waals surface area contributed by atoms with Gasteiger partial charge in [-0.1, -0.05) is 140 Å². The van der Waals surface area contributed by atoms with Crippen LogP contribution in [0.2, 0.25) is 13.1 Å². The van der Waals surface area contributed by atoms with Crippen molar-refractivity contribution in [2.24, 2.45) is 11.8 Å². The zero-order chi connectivity index (χ0) is 40.5. The summed E-state index contributed by atoms with van der Waals surface area (Å²) in [6, 6.07) is 18.8. The van der Waals surface area contributed by atoms with E-state index in [1.807, 2.05) is 0 Å². The Hall–Kier alpha value is -1.97. The van der Waals surface area contributed by atoms with Crippen LogP contribution in [0.4, 0.5) is 0 Å². The molecule has 0 spiro atoms. The van der Waals surface area contributed by atoms with Gasteiger partial charge in [-0.3, -0.25) is 0 Å². The van der Waals surface area contributed by atoms with E-state index in [4.69, 9.17) is 0 Å². The molecule has 0 N–H and O–H groups in total. The number of hydrogen-bond donors (Lipinski definition) is 0. The van der Waals surface area contributed by atoms with Crippen LogP contribution < -0.4 is 24.8 Å². The first kappa shape index (κ1) is 48.7. The van der Waals surface area contributed by atoms with Crippen LogP contribution in [0, 0.1) is 24.0 Å². The van der Waals surface area contributed by atoms with Gasteiger partial charge in [0.2, 0.25) is 0 Å². The van der Waals surface area contributed by atoms with Crippen molar-refractivity contribution in [1.82, 2.24) is 0 Å². The Morgan fingerprint density at radius 3 is 1.19 bits per heavy atom. The molecule has 2 atom stereocenters. The van der Waals surface area contributed by atoms with Gasteiger partial charge in [-0.2, -0.15) is 34.4 Å². The molecule has 8 rings (SSSR count). The van der Waals surface area contributed by atoms with Crippen molar-refractivity contribution in [3.05, 3.63) is 163 Å². The number of allylic oxidation sites excluding steroid dienone is 16. The molecule has 0 aromatic heterocycles. The summed E-state index contributed by atoms with van der Waals surface area (Å²) in [4.78, 5) is 0. The SMILES string of the molecule is CC(C)CC1=[C-]C2=CC3=C(CCC3)C(c3ccc(C(C)(C)C)cc3)C2=C1.CC(C)CC1=[C-]C2=CC3=C(CCC3)C(c3ccc(C(C)(C)C)cc3)C2=C1.C[Si](C)=[Hf+2].[Cl-].[Cl-]. The van der Waals surface area contributed by atoms with Gasteiger partial charge in [0.15, 0.2) is 0 Å². The molecule has 4 heteroatoms. The number of fused-ring (bicyclic) bond motifs is 2. The van der Waals surface area contributed by atoms with Crippen LogP contribution in [-0.4, -0.2) is 5.49 Å². The van der Waals surface area contributed by atoms with Crippen LogP contribution in [0.25, 0.3) is 0 Å². The molecule has 308 valence electrons. The summed E-state index contributed by atoms with van der Waals surface area (Å²) in [6.07, 6.45) is 27.0. The van der Waals surface area contributed by atoms with Gasteiger partial charge in [0.25, 0.3) is 0 Å². The van der Waals surface area contributed by atoms with Crippen molar-refractivity contribution >= 4 is 5.49 Å². The van der Waals surface area contributed by atoms with Gasteiger partial charge in [0.05, 0.1) is 0 Å². The minimum absolute atomic E-state index is 0. The van der Waals surface area contributed by atoms with Crippen LogP contribution in [0.5, 0.6) is 0 Å². The molecule has 0 nitrogen and oxygen atoms in total. The molecule has 0 amide bonds. The Kier molecular flexibility index (Phi) is 17.0. The Balaban J connectivity index is 0.000000228. The Morgan fingerprint density at radius 2 is 0.897 bits per heavy atom. The van der Waals surface area contributed by atoms with Gasteiger partial charge in [-0.05, 0) is 108 Å². The summed E-state index contributed by atoms with van der Waals surface area (Å²) in [6.45, 7) is 27.6. The van der Waals surface area contributed by atoms with Crippen molar-refractivity contribution in [3.8, 4) is 0 Å². The molecular formula is C54H68Cl2HfSi-2. The molecular weight excluding hydrogens is 926 g/mol. The van der Waals surface area contributed by atoms with E-state index in [9.17, 15) is 0 Å². The fourth-order valence-corrected chi connectivity index (χ4v) is 9.32. The summed E-state index contributed by atoms with van der Waals surface area (Å²) in [7, 11) is 0. The molecule has 6 aliphatic carbocycles. The van der Waals surface area contributed by atoms with E-state index in [-0.39, 0.29) is 41.1 Å². The third-order valence-electron chi connectivity index (χ3n) is 11.9. The Labute approximate surface area is 381 Å². The summed E-state index contributed by atoms with van der Waals surface area (Å²) in [5.74, 6) is 2.25. The van der Waals surface area contributed by atoms with Gasteiger partial charge in [0.1, 0.15) is 0 Å². The quantitative estimate of drug-likeness (QED) is 0.200. The minimum Gasteiger partial charge on any atom is -1.00 e. The summed E-state index contributed by atoms with van der Waals surface area (Å²) < 4.78 is 0. The number of benzene rings is 2. The van der Waals surface area contributed by atoms with Crippen molar-refractivity contribution in [3.63, 3.8) is 0 Å². The molecule has 2 aromatic carbocycles. The van der Waals surface area contributed by atoms with Gasteiger partial charge in [-0.15, -0.1) is 35.5 Å². The average Bonchev–Trinajstić information content (AvgIpc) is 3.91. The smallest absolute Gasteiger partial charge is 1.00 e. The topological polar surface area (TPSA) is 0 Å². The maximum atomic E-state index is 3.72. The van der Waals surface area contributed by atoms with E-state index in [2.05, 4.69) is 167 Å². The monoisotopic (exact) mass is 994 g/mol. The first-order valence-electron chi connectivity index (χ1n) is 21.7. The molecule has 2 aromatic rings. The Morgan fingerprint density at radius 1 is 0.569 bits per heavy atom. The van der Waals surface area contributed by atoms with Crippen LogP contribution in [-0.2, 0) is 33.8 Å². The first-order valence-corrected chi connectivity index (χ1v) is 29.6. The van der Waals surface area contributed by atoms with E-state index in [1.54, 1.807) is 22.3 Å². The van der Waals surface area contributed by atoms with Crippen molar-refractivity contribution in [2.75, 3.05) is 0 Å². The van der Waals surface area contributed by atoms with Gasteiger partial charge >= 0.3 is 41.6 Å². The predicted octanol–water partition coefficient (Wildman–Crippen LogP) is 9.20. The first-order chi connectivity index (χ1) is 26.4. The van der Waals surface area contributed by atoms with Crippen molar-refractivity contribution in [1.29, 1.82) is 0 Å². The second kappa shape index (κ2) is 20.3. The maximum absolute atomic E-state index is 3.72. The third-order valence-corrected chi connectivity index (χ3v) is 11.9. The maximum Gasteiger partial charge on any atom is -1.00 e. The average molecular weight is 995 g/mol. The molecule has 6 aliphatic rings. The standard InChI is InChI=1S/2C26H31.C2H6Si.2ClH.Hf/c2*1-17(2)13-18-14-21-16-20-7-6-8-23(20)25(24(21)15-18)19-9-11-22(12-10-19)26(3,4)5;1-3-2;;;/h2*9-12,15-17,25H,6-8,13H2,1-5H3;1-2H3;2*1H;/q2*-1;;;;+2/p-2. The van der Waals surface area contributed by atoms with Crippen LogP contribution >= 0.6 is 0 Å². The predicted molar refractivity (Wildman–Crippen MR) is 240 cm³/mol. The van der Waals surface area contributed by atoms with E-state index in [1.165, 1.54) is 117 Å². The minimum atomic E-state index is 0. The molecule has 0 heterocycles. The van der Waals surface area contributed by atoms with Crippen molar-refractivity contribution in [2.45, 2.75) is 156 Å². The second-order valence-corrected chi connectivity index (χ2v) is 33.0. The number of rotatable bonds is 6. The van der Waals surface area contributed by atoms with Gasteiger partial charge < -0.3 is 24.8 Å². The second-order valence-electron chi connectivity index (χ2n) is 20.2. The fourth-order valence-electron chi connectivity index (χ4n) is 9.32. The van der Waals surface area contributed by atoms with Crippen molar-refractivity contribution < 1.29 is 47.8 Å². The van der Waals surface area contributed by atoms with E-state index in [0.29, 0.717) is 23.7 Å². The van der Waals surface area contributed by atoms with Gasteiger partial charge in [0, 0.05) is 0 Å². The van der Waals surface area contributed by atoms with E-state index in [0.717, 1.165) is 12.8 Å². The molecule has 0 radical (unpaired) electrons.